The highest BCUT2D eigenvalue weighted by Crippen LogP contribution is 2.44. The molecular formula is C16H19ClN2O3. The molecule has 2 bridgehead atoms. The lowest BCUT2D eigenvalue weighted by molar-refractivity contribution is -0.137. The Hall–Kier alpha value is -1.43. The average molecular weight is 323 g/mol. The Morgan fingerprint density at radius 1 is 1.55 bits per heavy atom. The van der Waals surface area contributed by atoms with Crippen LogP contribution in [0, 0.1) is 0 Å². The van der Waals surface area contributed by atoms with Crippen LogP contribution >= 0.6 is 11.6 Å². The van der Waals surface area contributed by atoms with Gasteiger partial charge in [0.2, 0.25) is 11.7 Å². The van der Waals surface area contributed by atoms with Crippen molar-refractivity contribution in [1.29, 1.82) is 0 Å². The summed E-state index contributed by atoms with van der Waals surface area (Å²) in [6, 6.07) is 6.86. The van der Waals surface area contributed by atoms with Crippen molar-refractivity contribution in [3.8, 4) is 0 Å². The summed E-state index contributed by atoms with van der Waals surface area (Å²) >= 11 is 6.33. The molecule has 3 rings (SSSR count). The molecule has 0 saturated heterocycles. The van der Waals surface area contributed by atoms with Gasteiger partial charge in [-0.2, -0.15) is 0 Å². The van der Waals surface area contributed by atoms with Gasteiger partial charge in [-0.1, -0.05) is 29.8 Å². The topological polar surface area (TPSA) is 73.9 Å². The molecule has 2 N–H and O–H groups in total. The Bertz CT molecular complexity index is 619. The Morgan fingerprint density at radius 3 is 3.05 bits per heavy atom. The van der Waals surface area contributed by atoms with Crippen LogP contribution in [-0.4, -0.2) is 37.5 Å². The zero-order chi connectivity index (χ0) is 15.7. The van der Waals surface area contributed by atoms with E-state index in [9.17, 15) is 4.79 Å². The minimum Gasteiger partial charge on any atom is -0.468 e. The van der Waals surface area contributed by atoms with Crippen LogP contribution in [0.1, 0.15) is 24.8 Å². The van der Waals surface area contributed by atoms with Crippen molar-refractivity contribution in [3.63, 3.8) is 0 Å². The smallest absolute Gasteiger partial charge is 0.205 e. The number of fused-ring (bicyclic) bond motifs is 2. The molecule has 3 atom stereocenters. The number of nitrogens with two attached hydrogens (primary N) is 1. The highest BCUT2D eigenvalue weighted by Gasteiger charge is 2.52. The number of halogens is 1. The summed E-state index contributed by atoms with van der Waals surface area (Å²) in [5, 5.41) is 0.543. The molecule has 6 heteroatoms. The third kappa shape index (κ3) is 2.43. The van der Waals surface area contributed by atoms with Gasteiger partial charge in [-0.15, -0.1) is 0 Å². The summed E-state index contributed by atoms with van der Waals surface area (Å²) in [4.78, 5) is 17.5. The minimum absolute atomic E-state index is 0.0276. The van der Waals surface area contributed by atoms with Gasteiger partial charge in [0.15, 0.2) is 11.6 Å². The van der Waals surface area contributed by atoms with Crippen LogP contribution in [0.4, 0.5) is 0 Å². The standard InChI is InChI=1S/C16H19ClN2O3/c1-21-9-12(18)15-19-16(10-5-2-3-6-11(10)17)8-4-7-13(22-15)14(16)20/h2-3,5-6,12-13H,4,7-9,18H2,1H3/t12-,13+,16+/m0/s1. The fraction of sp³-hybridized carbons (Fsp3) is 0.500. The number of nitrogens with zero attached hydrogens (tertiary/aromatic N) is 1. The Labute approximate surface area is 134 Å². The Balaban J connectivity index is 2.10. The maximum Gasteiger partial charge on any atom is 0.205 e. The van der Waals surface area contributed by atoms with Gasteiger partial charge in [-0.05, 0) is 25.3 Å². The fourth-order valence-electron chi connectivity index (χ4n) is 3.19. The molecule has 22 heavy (non-hydrogen) atoms. The summed E-state index contributed by atoms with van der Waals surface area (Å²) < 4.78 is 10.8. The molecule has 2 aliphatic rings. The molecule has 1 aliphatic carbocycles. The lowest BCUT2D eigenvalue weighted by Crippen LogP contribution is -2.54. The summed E-state index contributed by atoms with van der Waals surface area (Å²) in [5.74, 6) is 0.353. The summed E-state index contributed by atoms with van der Waals surface area (Å²) in [5.41, 5.74) is 5.82. The zero-order valence-corrected chi connectivity index (χ0v) is 13.2. The number of rotatable bonds is 4. The first-order valence-electron chi connectivity index (χ1n) is 7.39. The third-order valence-corrected chi connectivity index (χ3v) is 4.58. The number of Topliss-reactive ketones (excluding diaryl/α,β-unsaturated/α-hetero) is 1. The van der Waals surface area contributed by atoms with Crippen LogP contribution < -0.4 is 5.73 Å². The lowest BCUT2D eigenvalue weighted by atomic mass is 9.74. The Kier molecular flexibility index (Phi) is 4.21. The molecule has 0 radical (unpaired) electrons. The van der Waals surface area contributed by atoms with Crippen LogP contribution in [0.25, 0.3) is 0 Å². The number of methoxy groups -OCH3 is 1. The van der Waals surface area contributed by atoms with Gasteiger partial charge in [0.1, 0.15) is 6.04 Å². The number of hydrogen-bond acceptors (Lipinski definition) is 5. The number of hydrogen-bond donors (Lipinski definition) is 1. The van der Waals surface area contributed by atoms with Crippen LogP contribution in [0.3, 0.4) is 0 Å². The van der Waals surface area contributed by atoms with Gasteiger partial charge in [-0.3, -0.25) is 4.79 Å². The van der Waals surface area contributed by atoms with Crippen LogP contribution in [0.5, 0.6) is 0 Å². The normalized spacial score (nSPS) is 28.8. The van der Waals surface area contributed by atoms with Gasteiger partial charge < -0.3 is 15.2 Å². The predicted octanol–water partition coefficient (Wildman–Crippen LogP) is 2.06. The van der Waals surface area contributed by atoms with E-state index in [0.717, 1.165) is 12.0 Å². The van der Waals surface area contributed by atoms with Crippen molar-refractivity contribution >= 4 is 23.3 Å². The molecule has 0 amide bonds. The van der Waals surface area contributed by atoms with Crippen molar-refractivity contribution in [2.24, 2.45) is 10.7 Å². The summed E-state index contributed by atoms with van der Waals surface area (Å²) in [6.07, 6.45) is 1.67. The number of aliphatic imine (C=N–C) groups is 1. The fourth-order valence-corrected chi connectivity index (χ4v) is 3.49. The van der Waals surface area contributed by atoms with Crippen molar-refractivity contribution < 1.29 is 14.3 Å². The molecule has 1 saturated carbocycles. The maximum absolute atomic E-state index is 12.8. The third-order valence-electron chi connectivity index (χ3n) is 4.25. The number of ketones is 1. The first-order valence-corrected chi connectivity index (χ1v) is 7.76. The quantitative estimate of drug-likeness (QED) is 0.920. The number of carbonyl (C=O) groups is 1. The SMILES string of the molecule is COC[C@H](N)C1=N[C@@]2(c3ccccc3Cl)CCC[C@@H](O1)C2=O. The molecule has 1 aliphatic heterocycles. The van der Waals surface area contributed by atoms with E-state index in [1.807, 2.05) is 18.2 Å². The van der Waals surface area contributed by atoms with E-state index < -0.39 is 17.7 Å². The first-order chi connectivity index (χ1) is 10.6. The molecule has 1 heterocycles. The van der Waals surface area contributed by atoms with Gasteiger partial charge in [0, 0.05) is 17.7 Å². The summed E-state index contributed by atoms with van der Waals surface area (Å²) in [6.45, 7) is 0.290. The van der Waals surface area contributed by atoms with Crippen LogP contribution in [0.15, 0.2) is 29.3 Å². The van der Waals surface area contributed by atoms with E-state index >= 15 is 0 Å². The number of benzene rings is 1. The van der Waals surface area contributed by atoms with E-state index in [1.165, 1.54) is 0 Å². The van der Waals surface area contributed by atoms with E-state index in [-0.39, 0.29) is 5.78 Å². The molecule has 1 fully saturated rings. The number of ether oxygens (including phenoxy) is 2. The van der Waals surface area contributed by atoms with Gasteiger partial charge >= 0.3 is 0 Å². The molecular weight excluding hydrogens is 304 g/mol. The zero-order valence-electron chi connectivity index (χ0n) is 12.4. The van der Waals surface area contributed by atoms with Gasteiger partial charge in [0.05, 0.1) is 6.61 Å². The first kappa shape index (κ1) is 15.5. The minimum atomic E-state index is -0.972. The van der Waals surface area contributed by atoms with E-state index in [2.05, 4.69) is 4.99 Å². The van der Waals surface area contributed by atoms with Gasteiger partial charge in [-0.25, -0.2) is 4.99 Å². The van der Waals surface area contributed by atoms with Crippen LogP contribution in [0.2, 0.25) is 5.02 Å². The lowest BCUT2D eigenvalue weighted by Gasteiger charge is -2.42. The average Bonchev–Trinajstić information content (AvgIpc) is 2.48. The molecule has 0 aromatic heterocycles. The molecule has 5 nitrogen and oxygen atoms in total. The van der Waals surface area contributed by atoms with E-state index in [0.29, 0.717) is 30.4 Å². The number of carbonyl (C=O) groups excluding carboxylic acids is 1. The summed E-state index contributed by atoms with van der Waals surface area (Å²) in [7, 11) is 1.57. The van der Waals surface area contributed by atoms with Crippen molar-refractivity contribution in [3.05, 3.63) is 34.9 Å². The molecule has 0 unspecified atom stereocenters. The van der Waals surface area contributed by atoms with Crippen molar-refractivity contribution in [1.82, 2.24) is 0 Å². The van der Waals surface area contributed by atoms with E-state index in [1.54, 1.807) is 13.2 Å². The second-order valence-electron chi connectivity index (χ2n) is 5.71. The largest absolute Gasteiger partial charge is 0.468 e. The molecule has 118 valence electrons. The molecule has 1 aromatic carbocycles. The van der Waals surface area contributed by atoms with Crippen molar-refractivity contribution in [2.75, 3.05) is 13.7 Å². The second-order valence-corrected chi connectivity index (χ2v) is 6.12. The predicted molar refractivity (Wildman–Crippen MR) is 84.1 cm³/mol. The highest BCUT2D eigenvalue weighted by molar-refractivity contribution is 6.32. The second kappa shape index (κ2) is 5.99. The van der Waals surface area contributed by atoms with Crippen molar-refractivity contribution in [2.45, 2.75) is 36.9 Å². The van der Waals surface area contributed by atoms with E-state index in [4.69, 9.17) is 26.8 Å². The highest BCUT2D eigenvalue weighted by atomic mass is 35.5. The monoisotopic (exact) mass is 322 g/mol. The van der Waals surface area contributed by atoms with Crippen LogP contribution in [-0.2, 0) is 19.8 Å². The molecule has 1 aromatic rings. The Morgan fingerprint density at radius 2 is 2.32 bits per heavy atom. The van der Waals surface area contributed by atoms with Gasteiger partial charge in [0.25, 0.3) is 0 Å². The molecule has 0 spiro atoms. The maximum atomic E-state index is 12.8.